The maximum atomic E-state index is 4.77. The van der Waals surface area contributed by atoms with Gasteiger partial charge < -0.3 is 9.35 Å². The lowest BCUT2D eigenvalue weighted by Crippen LogP contribution is -2.41. The number of rotatable bonds is 6. The predicted molar refractivity (Wildman–Crippen MR) is 93.1 cm³/mol. The van der Waals surface area contributed by atoms with Crippen LogP contribution in [0.4, 0.5) is 0 Å². The van der Waals surface area contributed by atoms with E-state index in [1.165, 1.54) is 0 Å². The Morgan fingerprint density at radius 3 is 1.53 bits per heavy atom. The molecule has 0 amide bonds. The monoisotopic (exact) mass is 300 g/mol. The Morgan fingerprint density at radius 1 is 0.842 bits per heavy atom. The highest BCUT2D eigenvalue weighted by Gasteiger charge is 2.21. The van der Waals surface area contributed by atoms with E-state index in [-0.39, 0.29) is 0 Å². The Labute approximate surface area is 121 Å². The molecule has 0 saturated heterocycles. The third-order valence-corrected chi connectivity index (χ3v) is 7.35. The molecule has 0 aliphatic rings. The summed E-state index contributed by atoms with van der Waals surface area (Å²) in [4.78, 5) is 0. The zero-order valence-corrected chi connectivity index (χ0v) is 16.5. The molecule has 0 atom stereocenters. The van der Waals surface area contributed by atoms with Crippen molar-refractivity contribution in [1.82, 2.24) is 9.35 Å². The van der Waals surface area contributed by atoms with Gasteiger partial charge in [0.05, 0.1) is 11.4 Å². The summed E-state index contributed by atoms with van der Waals surface area (Å²) < 4.78 is 4.29. The molecular weight excluding hydrogens is 268 g/mol. The summed E-state index contributed by atoms with van der Waals surface area (Å²) >= 11 is 0. The van der Waals surface area contributed by atoms with Gasteiger partial charge >= 0.3 is 0 Å². The minimum absolute atomic E-state index is 0.920. The van der Waals surface area contributed by atoms with E-state index in [2.05, 4.69) is 76.6 Å². The van der Waals surface area contributed by atoms with Crippen LogP contribution in [0.1, 0.15) is 20.3 Å². The first kappa shape index (κ1) is 18.4. The fraction of sp³-hybridized carbons (Fsp3) is 0.846. The first-order valence-electron chi connectivity index (χ1n) is 7.00. The summed E-state index contributed by atoms with van der Waals surface area (Å²) in [5, 5.41) is 9.50. The van der Waals surface area contributed by atoms with Gasteiger partial charge in [0, 0.05) is 14.1 Å². The highest BCUT2D eigenvalue weighted by atomic mass is 28.3. The van der Waals surface area contributed by atoms with Gasteiger partial charge in [-0.25, -0.2) is 0 Å². The van der Waals surface area contributed by atoms with E-state index >= 15 is 0 Å². The van der Waals surface area contributed by atoms with Gasteiger partial charge in [0.1, 0.15) is 0 Å². The average Bonchev–Trinajstić information content (AvgIpc) is 2.22. The SMILES string of the molecule is CCC(=N\N(C)[Si](C)(C)C)/C(C)=N/N(C)[Si](C)(C)C. The zero-order valence-electron chi connectivity index (χ0n) is 14.5. The molecule has 0 fully saturated rings. The molecule has 4 nitrogen and oxygen atoms in total. The number of hydrogen-bond donors (Lipinski definition) is 0. The highest BCUT2D eigenvalue weighted by Crippen LogP contribution is 2.10. The van der Waals surface area contributed by atoms with Crippen LogP contribution in [0.3, 0.4) is 0 Å². The normalized spacial score (nSPS) is 14.6. The Kier molecular flexibility index (Phi) is 6.48. The molecule has 0 aromatic heterocycles. The zero-order chi connectivity index (χ0) is 15.4. The van der Waals surface area contributed by atoms with Crippen LogP contribution in [-0.2, 0) is 0 Å². The lowest BCUT2D eigenvalue weighted by Gasteiger charge is -2.29. The van der Waals surface area contributed by atoms with E-state index in [9.17, 15) is 0 Å². The standard InChI is InChI=1S/C13H32N4Si2/c1-11-13(15-17(4)19(8,9)10)12(2)14-16(3)18(5,6)7/h11H2,1-10H3/b14-12+,15-13+. The van der Waals surface area contributed by atoms with Crippen molar-refractivity contribution in [3.05, 3.63) is 0 Å². The molecule has 0 rings (SSSR count). The molecule has 0 radical (unpaired) electrons. The van der Waals surface area contributed by atoms with Crippen molar-refractivity contribution in [2.75, 3.05) is 14.1 Å². The van der Waals surface area contributed by atoms with Gasteiger partial charge in [-0.15, -0.1) is 0 Å². The van der Waals surface area contributed by atoms with Crippen molar-refractivity contribution in [2.45, 2.75) is 59.6 Å². The van der Waals surface area contributed by atoms with Crippen LogP contribution in [0.25, 0.3) is 0 Å². The van der Waals surface area contributed by atoms with Gasteiger partial charge in [-0.3, -0.25) is 0 Å². The maximum Gasteiger partial charge on any atom is 0.168 e. The van der Waals surface area contributed by atoms with E-state index in [0.29, 0.717) is 0 Å². The molecule has 112 valence electrons. The Balaban J connectivity index is 5.17. The first-order valence-corrected chi connectivity index (χ1v) is 13.9. The fourth-order valence-electron chi connectivity index (χ4n) is 1.16. The van der Waals surface area contributed by atoms with Gasteiger partial charge in [0.25, 0.3) is 0 Å². The predicted octanol–water partition coefficient (Wildman–Crippen LogP) is 3.66. The minimum atomic E-state index is -1.38. The van der Waals surface area contributed by atoms with Gasteiger partial charge in [0.15, 0.2) is 16.5 Å². The van der Waals surface area contributed by atoms with E-state index in [0.717, 1.165) is 17.8 Å². The third-order valence-electron chi connectivity index (χ3n) is 3.26. The van der Waals surface area contributed by atoms with Gasteiger partial charge in [-0.05, 0) is 13.3 Å². The molecule has 0 heterocycles. The molecule has 0 aromatic carbocycles. The lowest BCUT2D eigenvalue weighted by molar-refractivity contribution is 0.542. The molecule has 0 unspecified atom stereocenters. The van der Waals surface area contributed by atoms with Crippen molar-refractivity contribution in [2.24, 2.45) is 10.2 Å². The molecule has 0 aromatic rings. The van der Waals surface area contributed by atoms with E-state index in [4.69, 9.17) is 10.2 Å². The van der Waals surface area contributed by atoms with E-state index in [1.807, 2.05) is 0 Å². The molecule has 6 heteroatoms. The minimum Gasteiger partial charge on any atom is -0.327 e. The second-order valence-corrected chi connectivity index (χ2v) is 17.0. The first-order chi connectivity index (χ1) is 8.39. The van der Waals surface area contributed by atoms with Crippen LogP contribution in [0, 0.1) is 0 Å². The number of hydrogen-bond acceptors (Lipinski definition) is 4. The third kappa shape index (κ3) is 6.38. The van der Waals surface area contributed by atoms with Crippen LogP contribution in [0.15, 0.2) is 10.2 Å². The van der Waals surface area contributed by atoms with Crippen LogP contribution in [0.2, 0.25) is 39.3 Å². The quantitative estimate of drug-likeness (QED) is 0.426. The van der Waals surface area contributed by atoms with Gasteiger partial charge in [-0.2, -0.15) is 10.2 Å². The Morgan fingerprint density at radius 2 is 1.21 bits per heavy atom. The summed E-state index contributed by atoms with van der Waals surface area (Å²) in [6.45, 7) is 18.0. The lowest BCUT2D eigenvalue weighted by atomic mass is 10.2. The summed E-state index contributed by atoms with van der Waals surface area (Å²) in [6.07, 6.45) is 0.920. The largest absolute Gasteiger partial charge is 0.327 e. The van der Waals surface area contributed by atoms with Crippen LogP contribution < -0.4 is 0 Å². The summed E-state index contributed by atoms with van der Waals surface area (Å²) in [5.74, 6) is 0. The smallest absolute Gasteiger partial charge is 0.168 e. The second-order valence-electron chi connectivity index (χ2n) is 6.97. The summed E-state index contributed by atoms with van der Waals surface area (Å²) in [7, 11) is 1.41. The van der Waals surface area contributed by atoms with E-state index < -0.39 is 16.5 Å². The Bertz CT molecular complexity index is 351. The average molecular weight is 301 g/mol. The summed E-state index contributed by atoms with van der Waals surface area (Å²) in [6, 6.07) is 0. The number of hydrazone groups is 2. The van der Waals surface area contributed by atoms with Crippen molar-refractivity contribution in [3.8, 4) is 0 Å². The molecule has 19 heavy (non-hydrogen) atoms. The van der Waals surface area contributed by atoms with Crippen molar-refractivity contribution in [1.29, 1.82) is 0 Å². The van der Waals surface area contributed by atoms with Crippen LogP contribution >= 0.6 is 0 Å². The topological polar surface area (TPSA) is 31.2 Å². The van der Waals surface area contributed by atoms with Crippen LogP contribution in [0.5, 0.6) is 0 Å². The molecule has 0 aliphatic carbocycles. The number of nitrogens with zero attached hydrogens (tertiary/aromatic N) is 4. The van der Waals surface area contributed by atoms with Crippen molar-refractivity contribution < 1.29 is 0 Å². The molecular formula is C13H32N4Si2. The molecule has 0 aliphatic heterocycles. The van der Waals surface area contributed by atoms with E-state index in [1.54, 1.807) is 0 Å². The van der Waals surface area contributed by atoms with Gasteiger partial charge in [-0.1, -0.05) is 46.2 Å². The molecule has 0 saturated carbocycles. The highest BCUT2D eigenvalue weighted by molar-refractivity contribution is 6.73. The maximum absolute atomic E-state index is 4.77. The van der Waals surface area contributed by atoms with Crippen LogP contribution in [-0.4, -0.2) is 51.3 Å². The van der Waals surface area contributed by atoms with Gasteiger partial charge in [0.2, 0.25) is 0 Å². The molecule has 0 spiro atoms. The molecule has 0 bridgehead atoms. The van der Waals surface area contributed by atoms with Crippen molar-refractivity contribution in [3.63, 3.8) is 0 Å². The second kappa shape index (κ2) is 6.70. The van der Waals surface area contributed by atoms with Crippen molar-refractivity contribution >= 4 is 27.9 Å². The Hall–Kier alpha value is -0.626. The summed E-state index contributed by atoms with van der Waals surface area (Å²) in [5.41, 5.74) is 2.13. The molecule has 0 N–H and O–H groups in total. The fourth-order valence-corrected chi connectivity index (χ4v) is 2.03.